The third kappa shape index (κ3) is 4.99. The van der Waals surface area contributed by atoms with Crippen molar-refractivity contribution >= 4 is 0 Å². The first-order valence-corrected chi connectivity index (χ1v) is 7.49. The van der Waals surface area contributed by atoms with Crippen LogP contribution in [0.3, 0.4) is 0 Å². The molecule has 0 amide bonds. The van der Waals surface area contributed by atoms with E-state index < -0.39 is 0 Å². The van der Waals surface area contributed by atoms with Crippen LogP contribution in [0.25, 0.3) is 0 Å². The predicted molar refractivity (Wildman–Crippen MR) is 81.8 cm³/mol. The standard InChI is InChI=1S/C17H25NO2/c1-2-10-20-17-8-6-14(7-9-17)12-18-13-15-4-3-5-16(19)11-15/h2,6-9,15-16,18-19H,1,3-5,10-13H2. The molecule has 20 heavy (non-hydrogen) atoms. The molecule has 1 fully saturated rings. The summed E-state index contributed by atoms with van der Waals surface area (Å²) < 4.78 is 5.46. The Hall–Kier alpha value is -1.32. The fourth-order valence-corrected chi connectivity index (χ4v) is 2.73. The largest absolute Gasteiger partial charge is 0.490 e. The average Bonchev–Trinajstić information content (AvgIpc) is 2.46. The molecule has 1 aromatic carbocycles. The van der Waals surface area contributed by atoms with Crippen molar-refractivity contribution in [3.05, 3.63) is 42.5 Å². The Morgan fingerprint density at radius 3 is 2.80 bits per heavy atom. The van der Waals surface area contributed by atoms with E-state index in [-0.39, 0.29) is 6.10 Å². The molecule has 2 atom stereocenters. The SMILES string of the molecule is C=CCOc1ccc(CNCC2CCCC(O)C2)cc1. The zero-order valence-electron chi connectivity index (χ0n) is 12.1. The van der Waals surface area contributed by atoms with Crippen LogP contribution in [-0.4, -0.2) is 24.4 Å². The summed E-state index contributed by atoms with van der Waals surface area (Å²) in [7, 11) is 0. The molecule has 0 spiro atoms. The van der Waals surface area contributed by atoms with Gasteiger partial charge in [0.15, 0.2) is 0 Å². The van der Waals surface area contributed by atoms with Crippen LogP contribution in [0.15, 0.2) is 36.9 Å². The molecule has 0 heterocycles. The van der Waals surface area contributed by atoms with Crippen LogP contribution >= 0.6 is 0 Å². The lowest BCUT2D eigenvalue weighted by Crippen LogP contribution is -2.28. The van der Waals surface area contributed by atoms with Gasteiger partial charge in [-0.05, 0) is 49.4 Å². The van der Waals surface area contributed by atoms with Crippen LogP contribution in [0.2, 0.25) is 0 Å². The molecule has 1 aromatic rings. The average molecular weight is 275 g/mol. The first-order valence-electron chi connectivity index (χ1n) is 7.49. The maximum atomic E-state index is 9.65. The molecule has 1 aliphatic rings. The molecular formula is C17H25NO2. The summed E-state index contributed by atoms with van der Waals surface area (Å²) in [5, 5.41) is 13.1. The molecule has 110 valence electrons. The number of rotatable bonds is 7. The van der Waals surface area contributed by atoms with Gasteiger partial charge in [-0.2, -0.15) is 0 Å². The van der Waals surface area contributed by atoms with Crippen molar-refractivity contribution in [2.75, 3.05) is 13.2 Å². The Bertz CT molecular complexity index is 402. The summed E-state index contributed by atoms with van der Waals surface area (Å²) in [5.74, 6) is 1.50. The third-order valence-corrected chi connectivity index (χ3v) is 3.81. The number of hydrogen-bond acceptors (Lipinski definition) is 3. The highest BCUT2D eigenvalue weighted by atomic mass is 16.5. The smallest absolute Gasteiger partial charge is 0.119 e. The highest BCUT2D eigenvalue weighted by Crippen LogP contribution is 2.23. The van der Waals surface area contributed by atoms with Crippen molar-refractivity contribution in [2.24, 2.45) is 5.92 Å². The lowest BCUT2D eigenvalue weighted by molar-refractivity contribution is 0.101. The summed E-state index contributed by atoms with van der Waals surface area (Å²) in [6, 6.07) is 8.15. The van der Waals surface area contributed by atoms with Gasteiger partial charge in [-0.25, -0.2) is 0 Å². The van der Waals surface area contributed by atoms with Crippen molar-refractivity contribution < 1.29 is 9.84 Å². The van der Waals surface area contributed by atoms with Crippen LogP contribution in [0.1, 0.15) is 31.2 Å². The highest BCUT2D eigenvalue weighted by Gasteiger charge is 2.19. The second-order valence-corrected chi connectivity index (χ2v) is 5.56. The second kappa shape index (κ2) is 8.08. The molecule has 3 nitrogen and oxygen atoms in total. The topological polar surface area (TPSA) is 41.5 Å². The van der Waals surface area contributed by atoms with E-state index in [0.29, 0.717) is 12.5 Å². The van der Waals surface area contributed by atoms with Gasteiger partial charge in [0.2, 0.25) is 0 Å². The van der Waals surface area contributed by atoms with Crippen LogP contribution < -0.4 is 10.1 Å². The second-order valence-electron chi connectivity index (χ2n) is 5.56. The van der Waals surface area contributed by atoms with Gasteiger partial charge in [0.1, 0.15) is 12.4 Å². The lowest BCUT2D eigenvalue weighted by Gasteiger charge is -2.26. The summed E-state index contributed by atoms with van der Waals surface area (Å²) in [4.78, 5) is 0. The molecule has 0 bridgehead atoms. The van der Waals surface area contributed by atoms with Crippen molar-refractivity contribution in [3.63, 3.8) is 0 Å². The van der Waals surface area contributed by atoms with Crippen LogP contribution in [0, 0.1) is 5.92 Å². The summed E-state index contributed by atoms with van der Waals surface area (Å²) in [5.41, 5.74) is 1.26. The monoisotopic (exact) mass is 275 g/mol. The zero-order valence-corrected chi connectivity index (χ0v) is 12.1. The molecular weight excluding hydrogens is 250 g/mol. The van der Waals surface area contributed by atoms with Gasteiger partial charge in [-0.3, -0.25) is 0 Å². The van der Waals surface area contributed by atoms with E-state index >= 15 is 0 Å². The third-order valence-electron chi connectivity index (χ3n) is 3.81. The Labute approximate surface area is 121 Å². The van der Waals surface area contributed by atoms with E-state index in [4.69, 9.17) is 4.74 Å². The summed E-state index contributed by atoms with van der Waals surface area (Å²) >= 11 is 0. The van der Waals surface area contributed by atoms with E-state index in [9.17, 15) is 5.11 Å². The van der Waals surface area contributed by atoms with Gasteiger partial charge >= 0.3 is 0 Å². The number of benzene rings is 1. The van der Waals surface area contributed by atoms with E-state index in [1.165, 1.54) is 12.0 Å². The van der Waals surface area contributed by atoms with Gasteiger partial charge in [-0.1, -0.05) is 31.2 Å². The van der Waals surface area contributed by atoms with E-state index in [0.717, 1.165) is 38.1 Å². The van der Waals surface area contributed by atoms with Crippen LogP contribution in [0.4, 0.5) is 0 Å². The number of ether oxygens (including phenoxy) is 1. The summed E-state index contributed by atoms with van der Waals surface area (Å²) in [6.45, 7) is 6.04. The quantitative estimate of drug-likeness (QED) is 0.752. The van der Waals surface area contributed by atoms with Gasteiger partial charge in [-0.15, -0.1) is 0 Å². The maximum absolute atomic E-state index is 9.65. The summed E-state index contributed by atoms with van der Waals surface area (Å²) in [6.07, 6.45) is 5.97. The highest BCUT2D eigenvalue weighted by molar-refractivity contribution is 5.27. The fourth-order valence-electron chi connectivity index (χ4n) is 2.73. The fraction of sp³-hybridized carbons (Fsp3) is 0.529. The maximum Gasteiger partial charge on any atom is 0.119 e. The minimum Gasteiger partial charge on any atom is -0.490 e. The minimum absolute atomic E-state index is 0.0863. The molecule has 0 radical (unpaired) electrons. The Morgan fingerprint density at radius 1 is 1.30 bits per heavy atom. The molecule has 0 aromatic heterocycles. The van der Waals surface area contributed by atoms with Crippen molar-refractivity contribution in [1.82, 2.24) is 5.32 Å². The predicted octanol–water partition coefficient (Wildman–Crippen LogP) is 2.89. The molecule has 3 heteroatoms. The first kappa shape index (κ1) is 15.1. The molecule has 0 saturated heterocycles. The Kier molecular flexibility index (Phi) is 6.09. The van der Waals surface area contributed by atoms with Crippen LogP contribution in [0.5, 0.6) is 5.75 Å². The van der Waals surface area contributed by atoms with Crippen molar-refractivity contribution in [3.8, 4) is 5.75 Å². The molecule has 2 unspecified atom stereocenters. The normalized spacial score (nSPS) is 22.4. The van der Waals surface area contributed by atoms with Gasteiger partial charge in [0.05, 0.1) is 6.10 Å². The number of hydrogen-bond donors (Lipinski definition) is 2. The van der Waals surface area contributed by atoms with Gasteiger partial charge in [0.25, 0.3) is 0 Å². The Balaban J connectivity index is 1.69. The first-order chi connectivity index (χ1) is 9.78. The number of nitrogens with one attached hydrogen (secondary N) is 1. The molecule has 1 saturated carbocycles. The van der Waals surface area contributed by atoms with Crippen LogP contribution in [-0.2, 0) is 6.54 Å². The Morgan fingerprint density at radius 2 is 2.10 bits per heavy atom. The van der Waals surface area contributed by atoms with Gasteiger partial charge < -0.3 is 15.2 Å². The van der Waals surface area contributed by atoms with Gasteiger partial charge in [0, 0.05) is 6.54 Å². The number of aliphatic hydroxyl groups is 1. The van der Waals surface area contributed by atoms with E-state index in [1.807, 2.05) is 12.1 Å². The number of aliphatic hydroxyl groups excluding tert-OH is 1. The molecule has 0 aliphatic heterocycles. The van der Waals surface area contributed by atoms with E-state index in [2.05, 4.69) is 24.0 Å². The molecule has 2 N–H and O–H groups in total. The van der Waals surface area contributed by atoms with E-state index in [1.54, 1.807) is 6.08 Å². The van der Waals surface area contributed by atoms with Crippen molar-refractivity contribution in [1.29, 1.82) is 0 Å². The molecule has 2 rings (SSSR count). The lowest BCUT2D eigenvalue weighted by atomic mass is 9.87. The zero-order chi connectivity index (χ0) is 14.2. The van der Waals surface area contributed by atoms with Crippen molar-refractivity contribution in [2.45, 2.75) is 38.3 Å². The minimum atomic E-state index is -0.0863. The molecule has 1 aliphatic carbocycles.